The number of hydrogen-bond acceptors (Lipinski definition) is 4. The SMILES string of the molecule is CCC1COCCN1C(=O)C(C)(C)N1CCNCC1. The van der Waals surface area contributed by atoms with E-state index >= 15 is 0 Å². The summed E-state index contributed by atoms with van der Waals surface area (Å²) >= 11 is 0. The lowest BCUT2D eigenvalue weighted by Crippen LogP contribution is -2.63. The Morgan fingerprint density at radius 1 is 1.32 bits per heavy atom. The van der Waals surface area contributed by atoms with Gasteiger partial charge in [0, 0.05) is 32.7 Å². The Kier molecular flexibility index (Phi) is 4.81. The zero-order valence-corrected chi connectivity index (χ0v) is 12.4. The fourth-order valence-corrected chi connectivity index (χ4v) is 2.97. The molecule has 2 aliphatic heterocycles. The van der Waals surface area contributed by atoms with E-state index < -0.39 is 5.54 Å². The minimum absolute atomic E-state index is 0.239. The van der Waals surface area contributed by atoms with E-state index in [1.165, 1.54) is 0 Å². The van der Waals surface area contributed by atoms with Crippen molar-refractivity contribution in [2.24, 2.45) is 0 Å². The molecule has 0 saturated carbocycles. The van der Waals surface area contributed by atoms with Crippen LogP contribution in [0.5, 0.6) is 0 Å². The first-order valence-corrected chi connectivity index (χ1v) is 7.42. The molecule has 5 heteroatoms. The second kappa shape index (κ2) is 6.20. The maximum atomic E-state index is 12.9. The van der Waals surface area contributed by atoms with Gasteiger partial charge in [0.2, 0.25) is 5.91 Å². The maximum absolute atomic E-state index is 12.9. The lowest BCUT2D eigenvalue weighted by molar-refractivity contribution is -0.152. The van der Waals surface area contributed by atoms with Gasteiger partial charge in [-0.2, -0.15) is 0 Å². The summed E-state index contributed by atoms with van der Waals surface area (Å²) in [6.45, 7) is 12.1. The molecule has 0 aliphatic carbocycles. The van der Waals surface area contributed by atoms with Crippen molar-refractivity contribution in [1.82, 2.24) is 15.1 Å². The quantitative estimate of drug-likeness (QED) is 0.801. The highest BCUT2D eigenvalue weighted by Gasteiger charge is 2.40. The van der Waals surface area contributed by atoms with Gasteiger partial charge in [0.25, 0.3) is 0 Å². The number of rotatable bonds is 3. The Labute approximate surface area is 116 Å². The molecule has 0 aromatic heterocycles. The molecule has 2 aliphatic rings. The van der Waals surface area contributed by atoms with Crippen LogP contribution in [0.3, 0.4) is 0 Å². The van der Waals surface area contributed by atoms with Gasteiger partial charge in [-0.3, -0.25) is 9.69 Å². The first-order valence-electron chi connectivity index (χ1n) is 7.42. The Balaban J connectivity index is 2.07. The first kappa shape index (κ1) is 14.8. The van der Waals surface area contributed by atoms with Gasteiger partial charge in [-0.25, -0.2) is 0 Å². The number of amides is 1. The third-order valence-electron chi connectivity index (χ3n) is 4.39. The Bertz CT molecular complexity index is 314. The van der Waals surface area contributed by atoms with Gasteiger partial charge in [-0.1, -0.05) is 6.92 Å². The van der Waals surface area contributed by atoms with Gasteiger partial charge in [0.1, 0.15) is 0 Å². The van der Waals surface area contributed by atoms with Crippen LogP contribution >= 0.6 is 0 Å². The molecule has 0 spiro atoms. The molecule has 2 saturated heterocycles. The van der Waals surface area contributed by atoms with Gasteiger partial charge in [-0.15, -0.1) is 0 Å². The van der Waals surface area contributed by atoms with Gasteiger partial charge in [0.15, 0.2) is 0 Å². The third-order valence-corrected chi connectivity index (χ3v) is 4.39. The fourth-order valence-electron chi connectivity index (χ4n) is 2.97. The molecule has 0 aromatic rings. The summed E-state index contributed by atoms with van der Waals surface area (Å²) in [6, 6.07) is 0.239. The van der Waals surface area contributed by atoms with E-state index in [0.717, 1.165) is 39.1 Å². The Hall–Kier alpha value is -0.650. The van der Waals surface area contributed by atoms with Crippen LogP contribution in [0, 0.1) is 0 Å². The number of carbonyl (C=O) groups is 1. The van der Waals surface area contributed by atoms with Gasteiger partial charge >= 0.3 is 0 Å². The summed E-state index contributed by atoms with van der Waals surface area (Å²) in [7, 11) is 0. The average Bonchev–Trinajstić information content (AvgIpc) is 2.47. The van der Waals surface area contributed by atoms with Crippen molar-refractivity contribution < 1.29 is 9.53 Å². The van der Waals surface area contributed by atoms with Crippen molar-refractivity contribution >= 4 is 5.91 Å². The predicted octanol–water partition coefficient (Wildman–Crippen LogP) is 0.308. The van der Waals surface area contributed by atoms with Crippen LogP contribution in [0.4, 0.5) is 0 Å². The second-order valence-electron chi connectivity index (χ2n) is 5.93. The summed E-state index contributed by atoms with van der Waals surface area (Å²) < 4.78 is 5.49. The van der Waals surface area contributed by atoms with E-state index in [4.69, 9.17) is 4.74 Å². The molecule has 1 amide bonds. The minimum Gasteiger partial charge on any atom is -0.377 e. The van der Waals surface area contributed by atoms with Crippen LogP contribution in [0.2, 0.25) is 0 Å². The number of ether oxygens (including phenoxy) is 1. The third kappa shape index (κ3) is 3.09. The number of piperazine rings is 1. The topological polar surface area (TPSA) is 44.8 Å². The van der Waals surface area contributed by atoms with Gasteiger partial charge in [-0.05, 0) is 20.3 Å². The summed E-state index contributed by atoms with van der Waals surface area (Å²) in [4.78, 5) is 17.2. The molecule has 1 unspecified atom stereocenters. The summed E-state index contributed by atoms with van der Waals surface area (Å²) in [5, 5.41) is 3.34. The highest BCUT2D eigenvalue weighted by atomic mass is 16.5. The van der Waals surface area contributed by atoms with Crippen LogP contribution < -0.4 is 5.32 Å². The normalized spacial score (nSPS) is 26.5. The van der Waals surface area contributed by atoms with Crippen LogP contribution in [0.15, 0.2) is 0 Å². The second-order valence-corrected chi connectivity index (χ2v) is 5.93. The molecule has 2 heterocycles. The van der Waals surface area contributed by atoms with Crippen molar-refractivity contribution in [2.45, 2.75) is 38.8 Å². The molecular weight excluding hydrogens is 242 g/mol. The van der Waals surface area contributed by atoms with Crippen molar-refractivity contribution in [2.75, 3.05) is 45.9 Å². The van der Waals surface area contributed by atoms with E-state index in [-0.39, 0.29) is 11.9 Å². The lowest BCUT2D eigenvalue weighted by Gasteiger charge is -2.45. The number of nitrogens with zero attached hydrogens (tertiary/aromatic N) is 2. The molecule has 0 bridgehead atoms. The minimum atomic E-state index is -0.410. The fraction of sp³-hybridized carbons (Fsp3) is 0.929. The molecule has 110 valence electrons. The van der Waals surface area contributed by atoms with E-state index in [1.807, 2.05) is 4.90 Å². The van der Waals surface area contributed by atoms with Crippen LogP contribution in [0.25, 0.3) is 0 Å². The zero-order chi connectivity index (χ0) is 13.9. The Morgan fingerprint density at radius 3 is 2.63 bits per heavy atom. The molecule has 1 N–H and O–H groups in total. The van der Waals surface area contributed by atoms with Crippen LogP contribution in [0.1, 0.15) is 27.2 Å². The lowest BCUT2D eigenvalue weighted by atomic mass is 9.97. The van der Waals surface area contributed by atoms with E-state index in [1.54, 1.807) is 0 Å². The van der Waals surface area contributed by atoms with E-state index in [2.05, 4.69) is 31.0 Å². The molecule has 0 radical (unpaired) electrons. The van der Waals surface area contributed by atoms with Crippen molar-refractivity contribution in [1.29, 1.82) is 0 Å². The van der Waals surface area contributed by atoms with Gasteiger partial charge in [0.05, 0.1) is 24.8 Å². The number of hydrogen-bond donors (Lipinski definition) is 1. The van der Waals surface area contributed by atoms with Crippen molar-refractivity contribution in [3.63, 3.8) is 0 Å². The number of carbonyl (C=O) groups excluding carboxylic acids is 1. The highest BCUT2D eigenvalue weighted by Crippen LogP contribution is 2.22. The predicted molar refractivity (Wildman–Crippen MR) is 75.1 cm³/mol. The molecular formula is C14H27N3O2. The molecule has 1 atom stereocenters. The molecule has 5 nitrogen and oxygen atoms in total. The van der Waals surface area contributed by atoms with Crippen LogP contribution in [-0.4, -0.2) is 73.2 Å². The monoisotopic (exact) mass is 269 g/mol. The average molecular weight is 269 g/mol. The summed E-state index contributed by atoms with van der Waals surface area (Å²) in [5.41, 5.74) is -0.410. The molecule has 2 fully saturated rings. The van der Waals surface area contributed by atoms with E-state index in [0.29, 0.717) is 13.2 Å². The molecule has 2 rings (SSSR count). The van der Waals surface area contributed by atoms with E-state index in [9.17, 15) is 4.79 Å². The van der Waals surface area contributed by atoms with Crippen molar-refractivity contribution in [3.05, 3.63) is 0 Å². The standard InChI is InChI=1S/C14H27N3O2/c1-4-12-11-19-10-9-17(12)13(18)14(2,3)16-7-5-15-6-8-16/h12,15H,4-11H2,1-3H3. The van der Waals surface area contributed by atoms with Crippen LogP contribution in [-0.2, 0) is 9.53 Å². The number of nitrogens with one attached hydrogen (secondary N) is 1. The highest BCUT2D eigenvalue weighted by molar-refractivity contribution is 5.86. The maximum Gasteiger partial charge on any atom is 0.242 e. The molecule has 0 aromatic carbocycles. The van der Waals surface area contributed by atoms with Gasteiger partial charge < -0.3 is 15.0 Å². The summed E-state index contributed by atoms with van der Waals surface area (Å²) in [6.07, 6.45) is 0.962. The Morgan fingerprint density at radius 2 is 2.00 bits per heavy atom. The largest absolute Gasteiger partial charge is 0.377 e. The number of morpholine rings is 1. The zero-order valence-electron chi connectivity index (χ0n) is 12.4. The summed E-state index contributed by atoms with van der Waals surface area (Å²) in [5.74, 6) is 0.254. The molecule has 19 heavy (non-hydrogen) atoms. The smallest absolute Gasteiger partial charge is 0.242 e. The first-order chi connectivity index (χ1) is 9.07. The van der Waals surface area contributed by atoms with Crippen molar-refractivity contribution in [3.8, 4) is 0 Å².